The van der Waals surface area contributed by atoms with Crippen LogP contribution in [0, 0.1) is 6.92 Å². The first-order valence-corrected chi connectivity index (χ1v) is 13.4. The molecule has 40 heavy (non-hydrogen) atoms. The number of ether oxygens (including phenoxy) is 3. The largest absolute Gasteiger partial charge is 0.476 e. The molecule has 12 nitrogen and oxygen atoms in total. The van der Waals surface area contributed by atoms with Crippen molar-refractivity contribution in [1.82, 2.24) is 14.5 Å². The quantitative estimate of drug-likeness (QED) is 0.276. The number of carbonyl (C=O) groups is 2. The molecule has 0 unspecified atom stereocenters. The summed E-state index contributed by atoms with van der Waals surface area (Å²) in [6.07, 6.45) is 0. The molecule has 0 aliphatic carbocycles. The number of benzene rings is 3. The number of hydrogen-bond acceptors (Lipinski definition) is 8. The summed E-state index contributed by atoms with van der Waals surface area (Å²) in [6, 6.07) is 17.3. The molecule has 1 aliphatic heterocycles. The van der Waals surface area contributed by atoms with E-state index in [0.717, 1.165) is 5.56 Å². The molecule has 0 saturated carbocycles. The normalized spacial score (nSPS) is 12.2. The predicted octanol–water partition coefficient (Wildman–Crippen LogP) is 3.68. The first kappa shape index (κ1) is 26.7. The van der Waals surface area contributed by atoms with Gasteiger partial charge in [-0.15, -0.1) is 0 Å². The van der Waals surface area contributed by atoms with E-state index >= 15 is 0 Å². The number of carbonyl (C=O) groups excluding carboxylic acids is 1. The SMILES string of the molecule is Cc1ccccc1C(=O)Nc1ccc(Oc2cc(C(=O)O)nn2C)c(S(=O)(=O)NCc2ccc3c(c2)OCO3)c1. The van der Waals surface area contributed by atoms with Crippen molar-refractivity contribution in [2.24, 2.45) is 7.05 Å². The van der Waals surface area contributed by atoms with E-state index in [9.17, 15) is 23.1 Å². The van der Waals surface area contributed by atoms with Crippen LogP contribution >= 0.6 is 0 Å². The Bertz CT molecular complexity index is 1730. The van der Waals surface area contributed by atoms with Crippen LogP contribution in [0.1, 0.15) is 32.0 Å². The number of aryl methyl sites for hydroxylation is 2. The highest BCUT2D eigenvalue weighted by molar-refractivity contribution is 7.89. The van der Waals surface area contributed by atoms with Gasteiger partial charge < -0.3 is 24.6 Å². The molecule has 0 bridgehead atoms. The molecule has 3 aromatic carbocycles. The number of nitrogens with zero attached hydrogens (tertiary/aromatic N) is 2. The third-order valence-corrected chi connectivity index (χ3v) is 7.48. The van der Waals surface area contributed by atoms with Crippen LogP contribution in [-0.2, 0) is 23.6 Å². The molecule has 1 amide bonds. The summed E-state index contributed by atoms with van der Waals surface area (Å²) in [5.41, 5.74) is 1.75. The number of carboxylic acid groups (broad SMARTS) is 1. The summed E-state index contributed by atoms with van der Waals surface area (Å²) in [6.45, 7) is 1.80. The third-order valence-electron chi connectivity index (χ3n) is 6.05. The third kappa shape index (κ3) is 5.60. The molecule has 0 radical (unpaired) electrons. The number of aromatic carboxylic acids is 1. The zero-order valence-electron chi connectivity index (χ0n) is 21.4. The monoisotopic (exact) mass is 564 g/mol. The standard InChI is InChI=1S/C27H24N4O8S/c1-16-5-3-4-6-19(16)26(32)29-18-8-10-22(39-25-13-20(27(33)34)30-31(25)2)24(12-18)40(35,36)28-14-17-7-9-21-23(11-17)38-15-37-21/h3-13,28H,14-15H2,1-2H3,(H,29,32)(H,33,34). The second-order valence-electron chi connectivity index (χ2n) is 8.84. The summed E-state index contributed by atoms with van der Waals surface area (Å²) in [4.78, 5) is 23.9. The van der Waals surface area contributed by atoms with Crippen LogP contribution < -0.4 is 24.2 Å². The molecule has 3 N–H and O–H groups in total. The van der Waals surface area contributed by atoms with Gasteiger partial charge in [-0.25, -0.2) is 22.6 Å². The van der Waals surface area contributed by atoms with E-state index < -0.39 is 21.9 Å². The second-order valence-corrected chi connectivity index (χ2v) is 10.6. The average Bonchev–Trinajstić information content (AvgIpc) is 3.54. The summed E-state index contributed by atoms with van der Waals surface area (Å²) in [7, 11) is -2.76. The first-order chi connectivity index (χ1) is 19.1. The number of fused-ring (bicyclic) bond motifs is 1. The van der Waals surface area contributed by atoms with Crippen molar-refractivity contribution in [2.45, 2.75) is 18.4 Å². The fraction of sp³-hybridized carbons (Fsp3) is 0.148. The lowest BCUT2D eigenvalue weighted by Gasteiger charge is -2.15. The Morgan fingerprint density at radius 2 is 1.82 bits per heavy atom. The van der Waals surface area contributed by atoms with Crippen molar-refractivity contribution in [1.29, 1.82) is 0 Å². The van der Waals surface area contributed by atoms with Crippen LogP contribution in [-0.4, -0.2) is 42.0 Å². The van der Waals surface area contributed by atoms with Crippen LogP contribution in [0.2, 0.25) is 0 Å². The molecule has 0 spiro atoms. The molecule has 0 fully saturated rings. The number of hydrogen-bond donors (Lipinski definition) is 3. The highest BCUT2D eigenvalue weighted by Gasteiger charge is 2.24. The zero-order chi connectivity index (χ0) is 28.4. The van der Waals surface area contributed by atoms with Crippen LogP contribution in [0.4, 0.5) is 5.69 Å². The van der Waals surface area contributed by atoms with Gasteiger partial charge in [0, 0.05) is 30.9 Å². The van der Waals surface area contributed by atoms with Crippen molar-refractivity contribution in [2.75, 3.05) is 12.1 Å². The van der Waals surface area contributed by atoms with Crippen LogP contribution in [0.15, 0.2) is 71.6 Å². The molecule has 2 heterocycles. The maximum absolute atomic E-state index is 13.5. The van der Waals surface area contributed by atoms with Crippen molar-refractivity contribution in [3.05, 3.63) is 89.1 Å². The maximum atomic E-state index is 13.5. The van der Waals surface area contributed by atoms with Gasteiger partial charge in [0.05, 0.1) is 0 Å². The Balaban J connectivity index is 1.46. The van der Waals surface area contributed by atoms with Crippen LogP contribution in [0.3, 0.4) is 0 Å². The number of nitrogens with one attached hydrogen (secondary N) is 2. The lowest BCUT2D eigenvalue weighted by atomic mass is 10.1. The van der Waals surface area contributed by atoms with E-state index in [4.69, 9.17) is 14.2 Å². The number of anilines is 1. The van der Waals surface area contributed by atoms with Crippen molar-refractivity contribution in [3.8, 4) is 23.1 Å². The summed E-state index contributed by atoms with van der Waals surface area (Å²) in [5, 5.41) is 15.8. The number of sulfonamides is 1. The lowest BCUT2D eigenvalue weighted by Crippen LogP contribution is -2.24. The van der Waals surface area contributed by atoms with Gasteiger partial charge in [0.2, 0.25) is 22.7 Å². The molecule has 0 atom stereocenters. The van der Waals surface area contributed by atoms with Gasteiger partial charge in [-0.3, -0.25) is 4.79 Å². The van der Waals surface area contributed by atoms with E-state index in [1.165, 1.54) is 36.0 Å². The van der Waals surface area contributed by atoms with Gasteiger partial charge in [0.15, 0.2) is 17.2 Å². The molecular formula is C27H24N4O8S. The fourth-order valence-corrected chi connectivity index (χ4v) is 5.14. The van der Waals surface area contributed by atoms with Gasteiger partial charge in [0.1, 0.15) is 10.6 Å². The lowest BCUT2D eigenvalue weighted by molar-refractivity contribution is 0.0689. The topological polar surface area (TPSA) is 158 Å². The molecular weight excluding hydrogens is 540 g/mol. The van der Waals surface area contributed by atoms with Crippen LogP contribution in [0.25, 0.3) is 0 Å². The minimum absolute atomic E-state index is 0.00122. The van der Waals surface area contributed by atoms with Gasteiger partial charge in [-0.05, 0) is 54.4 Å². The van der Waals surface area contributed by atoms with Gasteiger partial charge in [0.25, 0.3) is 5.91 Å². The molecule has 13 heteroatoms. The van der Waals surface area contributed by atoms with Gasteiger partial charge in [-0.1, -0.05) is 24.3 Å². The fourth-order valence-electron chi connectivity index (χ4n) is 3.98. The summed E-state index contributed by atoms with van der Waals surface area (Å²) < 4.78 is 47.2. The number of rotatable bonds is 9. The molecule has 1 aliphatic rings. The van der Waals surface area contributed by atoms with Crippen LogP contribution in [0.5, 0.6) is 23.1 Å². The first-order valence-electron chi connectivity index (χ1n) is 11.9. The highest BCUT2D eigenvalue weighted by Crippen LogP contribution is 2.34. The number of carboxylic acids is 1. The molecule has 5 rings (SSSR count). The Labute approximate surface area is 229 Å². The Morgan fingerprint density at radius 1 is 1.05 bits per heavy atom. The molecule has 4 aromatic rings. The smallest absolute Gasteiger partial charge is 0.356 e. The van der Waals surface area contributed by atoms with Gasteiger partial charge in [-0.2, -0.15) is 5.10 Å². The average molecular weight is 565 g/mol. The van der Waals surface area contributed by atoms with E-state index in [1.54, 1.807) is 43.3 Å². The molecule has 206 valence electrons. The minimum Gasteiger partial charge on any atom is -0.476 e. The molecule has 0 saturated heterocycles. The summed E-state index contributed by atoms with van der Waals surface area (Å²) in [5.74, 6) is -0.712. The highest BCUT2D eigenvalue weighted by atomic mass is 32.2. The van der Waals surface area contributed by atoms with Crippen molar-refractivity contribution in [3.63, 3.8) is 0 Å². The van der Waals surface area contributed by atoms with E-state index in [1.807, 2.05) is 6.07 Å². The van der Waals surface area contributed by atoms with E-state index in [-0.39, 0.29) is 41.2 Å². The Hall–Kier alpha value is -4.88. The van der Waals surface area contributed by atoms with E-state index in [2.05, 4.69) is 15.1 Å². The Morgan fingerprint density at radius 3 is 2.58 bits per heavy atom. The van der Waals surface area contributed by atoms with E-state index in [0.29, 0.717) is 22.6 Å². The predicted molar refractivity (Wildman–Crippen MR) is 142 cm³/mol. The minimum atomic E-state index is -4.22. The number of amides is 1. The van der Waals surface area contributed by atoms with Crippen molar-refractivity contribution < 1.29 is 37.3 Å². The Kier molecular flexibility index (Phi) is 7.15. The summed E-state index contributed by atoms with van der Waals surface area (Å²) >= 11 is 0. The maximum Gasteiger partial charge on any atom is 0.356 e. The van der Waals surface area contributed by atoms with Crippen molar-refractivity contribution >= 4 is 27.6 Å². The zero-order valence-corrected chi connectivity index (χ0v) is 22.2. The molecule has 1 aromatic heterocycles. The van der Waals surface area contributed by atoms with Gasteiger partial charge >= 0.3 is 5.97 Å². The second kappa shape index (κ2) is 10.7. The number of aromatic nitrogens is 2.